The highest BCUT2D eigenvalue weighted by Crippen LogP contribution is 2.69. The molecular formula is C24H30O9. The number of methoxy groups -OCH3 is 1. The molecule has 3 aliphatic carbocycles. The zero-order chi connectivity index (χ0) is 24.6. The van der Waals surface area contributed by atoms with Crippen molar-refractivity contribution in [1.82, 2.24) is 0 Å². The number of phenols is 1. The molecule has 0 unspecified atom stereocenters. The first-order valence-corrected chi connectivity index (χ1v) is 10.8. The van der Waals surface area contributed by atoms with Crippen LogP contribution in [-0.2, 0) is 9.53 Å². The number of aldehydes is 1. The standard InChI is InChI=1S/C24H30O9/c1-12-5-14(32-4)6-15(27)17(12)20(29)33-16-8-22(3)18-19(28)21(2,11-26)10-23(18,30)7-13(9-25)24(16,22)31/h5-7,9,16,18-19,26-28,30-31H,8,10-11H2,1-4H3/t16-,18-,19-,21+,22-,23+,24+/m0/s1. The maximum Gasteiger partial charge on any atom is 0.342 e. The number of carbonyl (C=O) groups excluding carboxylic acids is 2. The Labute approximate surface area is 191 Å². The summed E-state index contributed by atoms with van der Waals surface area (Å²) in [5.74, 6) is -1.77. The van der Waals surface area contributed by atoms with Crippen molar-refractivity contribution in [3.05, 3.63) is 34.9 Å². The second kappa shape index (κ2) is 7.27. The minimum absolute atomic E-state index is 0.00864. The van der Waals surface area contributed by atoms with Crippen LogP contribution in [0.2, 0.25) is 0 Å². The summed E-state index contributed by atoms with van der Waals surface area (Å²) in [7, 11) is 1.42. The molecule has 0 bridgehead atoms. The number of rotatable bonds is 5. The number of aryl methyl sites for hydroxylation is 1. The number of aliphatic hydroxyl groups excluding tert-OH is 2. The van der Waals surface area contributed by atoms with Crippen LogP contribution in [0.3, 0.4) is 0 Å². The van der Waals surface area contributed by atoms with E-state index in [-0.39, 0.29) is 36.3 Å². The Morgan fingerprint density at radius 3 is 2.48 bits per heavy atom. The smallest absolute Gasteiger partial charge is 0.342 e. The number of esters is 1. The largest absolute Gasteiger partial charge is 0.507 e. The van der Waals surface area contributed by atoms with Crippen LogP contribution in [0.25, 0.3) is 0 Å². The van der Waals surface area contributed by atoms with E-state index in [0.29, 0.717) is 17.6 Å². The number of ether oxygens (including phenoxy) is 2. The van der Waals surface area contributed by atoms with Crippen LogP contribution in [0, 0.1) is 23.7 Å². The highest BCUT2D eigenvalue weighted by atomic mass is 16.6. The Kier molecular flexibility index (Phi) is 5.22. The lowest BCUT2D eigenvalue weighted by molar-refractivity contribution is -0.273. The van der Waals surface area contributed by atoms with E-state index < -0.39 is 46.1 Å². The third-order valence-corrected chi connectivity index (χ3v) is 8.20. The molecule has 3 aliphatic rings. The molecule has 2 fully saturated rings. The molecule has 1 aromatic carbocycles. The normalized spacial score (nSPS) is 41.3. The predicted molar refractivity (Wildman–Crippen MR) is 115 cm³/mol. The lowest BCUT2D eigenvalue weighted by atomic mass is 9.43. The molecule has 1 aromatic rings. The number of aromatic hydroxyl groups is 1. The number of hydrogen-bond donors (Lipinski definition) is 5. The Hall–Kier alpha value is -2.46. The molecule has 0 amide bonds. The van der Waals surface area contributed by atoms with Crippen molar-refractivity contribution in [2.75, 3.05) is 13.7 Å². The van der Waals surface area contributed by atoms with E-state index in [9.17, 15) is 35.1 Å². The van der Waals surface area contributed by atoms with E-state index in [1.165, 1.54) is 19.3 Å². The second-order valence-corrected chi connectivity index (χ2v) is 10.2. The van der Waals surface area contributed by atoms with Crippen molar-refractivity contribution in [2.45, 2.75) is 57.0 Å². The Balaban J connectivity index is 1.70. The molecule has 0 radical (unpaired) electrons. The van der Waals surface area contributed by atoms with E-state index in [0.717, 1.165) is 0 Å². The van der Waals surface area contributed by atoms with Crippen LogP contribution >= 0.6 is 0 Å². The van der Waals surface area contributed by atoms with Crippen molar-refractivity contribution in [3.63, 3.8) is 0 Å². The molecule has 0 aromatic heterocycles. The zero-order valence-corrected chi connectivity index (χ0v) is 19.0. The van der Waals surface area contributed by atoms with Crippen molar-refractivity contribution < 1.29 is 44.6 Å². The molecule has 180 valence electrons. The number of fused-ring (bicyclic) bond motifs is 3. The van der Waals surface area contributed by atoms with Gasteiger partial charge in [0.15, 0.2) is 0 Å². The van der Waals surface area contributed by atoms with Gasteiger partial charge in [0.1, 0.15) is 35.1 Å². The number of carbonyl (C=O) groups is 2. The third-order valence-electron chi connectivity index (χ3n) is 8.20. The molecule has 0 heterocycles. The van der Waals surface area contributed by atoms with Gasteiger partial charge in [-0.05, 0) is 37.5 Å². The van der Waals surface area contributed by atoms with E-state index in [1.54, 1.807) is 26.8 Å². The van der Waals surface area contributed by atoms with Gasteiger partial charge in [-0.3, -0.25) is 4.79 Å². The summed E-state index contributed by atoms with van der Waals surface area (Å²) in [6.45, 7) is 4.48. The summed E-state index contributed by atoms with van der Waals surface area (Å²) in [5.41, 5.74) is -5.65. The summed E-state index contributed by atoms with van der Waals surface area (Å²) in [6, 6.07) is 2.82. The first-order chi connectivity index (χ1) is 15.3. The Morgan fingerprint density at radius 2 is 1.94 bits per heavy atom. The van der Waals surface area contributed by atoms with E-state index in [2.05, 4.69) is 0 Å². The van der Waals surface area contributed by atoms with Gasteiger partial charge in [-0.2, -0.15) is 0 Å². The SMILES string of the molecule is COc1cc(C)c(C(=O)O[C@H]2C[C@@]3(C)[C@@H]4[C@H](O)[C@@](C)(CO)C[C@]4(O)C=C(C=O)[C@@]23O)c(O)c1. The third kappa shape index (κ3) is 2.92. The van der Waals surface area contributed by atoms with Gasteiger partial charge in [0.25, 0.3) is 0 Å². The van der Waals surface area contributed by atoms with Crippen LogP contribution < -0.4 is 4.74 Å². The summed E-state index contributed by atoms with van der Waals surface area (Å²) >= 11 is 0. The van der Waals surface area contributed by atoms with Gasteiger partial charge in [0.2, 0.25) is 0 Å². The number of benzene rings is 1. The molecule has 4 rings (SSSR count). The highest BCUT2D eigenvalue weighted by molar-refractivity contribution is 5.94. The van der Waals surface area contributed by atoms with E-state index in [4.69, 9.17) is 9.47 Å². The van der Waals surface area contributed by atoms with Gasteiger partial charge < -0.3 is 35.0 Å². The van der Waals surface area contributed by atoms with Gasteiger partial charge in [-0.15, -0.1) is 0 Å². The van der Waals surface area contributed by atoms with E-state index in [1.807, 2.05) is 0 Å². The van der Waals surface area contributed by atoms with Gasteiger partial charge in [-0.1, -0.05) is 13.8 Å². The van der Waals surface area contributed by atoms with E-state index >= 15 is 0 Å². The van der Waals surface area contributed by atoms with Gasteiger partial charge in [0, 0.05) is 28.4 Å². The minimum Gasteiger partial charge on any atom is -0.507 e. The predicted octanol–water partition coefficient (Wildman–Crippen LogP) is 0.625. The van der Waals surface area contributed by atoms with Crippen LogP contribution in [0.15, 0.2) is 23.8 Å². The van der Waals surface area contributed by atoms with Crippen LogP contribution in [0.5, 0.6) is 11.5 Å². The molecule has 0 saturated heterocycles. The fourth-order valence-corrected chi connectivity index (χ4v) is 6.47. The lowest BCUT2D eigenvalue weighted by Crippen LogP contribution is -2.76. The van der Waals surface area contributed by atoms with Crippen molar-refractivity contribution >= 4 is 12.3 Å². The molecule has 0 aliphatic heterocycles. The summed E-state index contributed by atoms with van der Waals surface area (Å²) in [4.78, 5) is 24.9. The fraction of sp³-hybridized carbons (Fsp3) is 0.583. The van der Waals surface area contributed by atoms with Crippen LogP contribution in [-0.4, -0.2) is 74.9 Å². The molecule has 33 heavy (non-hydrogen) atoms. The van der Waals surface area contributed by atoms with Gasteiger partial charge in [0.05, 0.1) is 25.4 Å². The monoisotopic (exact) mass is 462 g/mol. The lowest BCUT2D eigenvalue weighted by Gasteiger charge is -2.66. The number of hydrogen-bond acceptors (Lipinski definition) is 9. The molecule has 9 heteroatoms. The maximum atomic E-state index is 12.9. The molecule has 0 spiro atoms. The highest BCUT2D eigenvalue weighted by Gasteiger charge is 2.78. The molecule has 2 saturated carbocycles. The van der Waals surface area contributed by atoms with Gasteiger partial charge >= 0.3 is 5.97 Å². The summed E-state index contributed by atoms with van der Waals surface area (Å²) < 4.78 is 10.6. The fourth-order valence-electron chi connectivity index (χ4n) is 6.47. The first kappa shape index (κ1) is 23.7. The number of phenolic OH excluding ortho intramolecular Hbond substituents is 1. The topological polar surface area (TPSA) is 154 Å². The first-order valence-electron chi connectivity index (χ1n) is 10.8. The second-order valence-electron chi connectivity index (χ2n) is 10.2. The quantitative estimate of drug-likeness (QED) is 0.313. The van der Waals surface area contributed by atoms with Crippen molar-refractivity contribution in [3.8, 4) is 11.5 Å². The Bertz CT molecular complexity index is 1030. The minimum atomic E-state index is -1.96. The molecular weight excluding hydrogens is 432 g/mol. The average molecular weight is 462 g/mol. The molecule has 5 N–H and O–H groups in total. The zero-order valence-electron chi connectivity index (χ0n) is 19.0. The van der Waals surface area contributed by atoms with Gasteiger partial charge in [-0.25, -0.2) is 4.79 Å². The number of aliphatic hydroxyl groups is 4. The van der Waals surface area contributed by atoms with Crippen LogP contribution in [0.4, 0.5) is 0 Å². The van der Waals surface area contributed by atoms with Crippen molar-refractivity contribution in [1.29, 1.82) is 0 Å². The van der Waals surface area contributed by atoms with Crippen molar-refractivity contribution in [2.24, 2.45) is 16.7 Å². The average Bonchev–Trinajstić information content (AvgIpc) is 2.95. The maximum absolute atomic E-state index is 12.9. The summed E-state index contributed by atoms with van der Waals surface area (Å²) in [6.07, 6.45) is -0.601. The van der Waals surface area contributed by atoms with Crippen LogP contribution in [0.1, 0.15) is 42.6 Å². The molecule has 9 nitrogen and oxygen atoms in total. The molecule has 7 atom stereocenters. The Morgan fingerprint density at radius 1 is 1.27 bits per heavy atom. The summed E-state index contributed by atoms with van der Waals surface area (Å²) in [5, 5.41) is 54.2.